The van der Waals surface area contributed by atoms with Crippen LogP contribution in [0, 0.1) is 5.82 Å². The van der Waals surface area contributed by atoms with E-state index < -0.39 is 5.82 Å². The van der Waals surface area contributed by atoms with Gasteiger partial charge in [0.05, 0.1) is 12.4 Å². The van der Waals surface area contributed by atoms with Gasteiger partial charge in [-0.3, -0.25) is 4.98 Å². The maximum absolute atomic E-state index is 13.9. The fourth-order valence-electron chi connectivity index (χ4n) is 4.77. The van der Waals surface area contributed by atoms with Crippen LogP contribution in [0.4, 0.5) is 10.3 Å². The number of aryl methyl sites for hydroxylation is 1. The molecule has 0 saturated carbocycles. The summed E-state index contributed by atoms with van der Waals surface area (Å²) in [5, 5.41) is 19.1. The number of aliphatic hydroxyl groups is 1. The smallest absolute Gasteiger partial charge is 0.228 e. The van der Waals surface area contributed by atoms with Crippen molar-refractivity contribution < 1.29 is 9.50 Å². The highest BCUT2D eigenvalue weighted by Crippen LogP contribution is 2.31. The van der Waals surface area contributed by atoms with Gasteiger partial charge in [0, 0.05) is 52.5 Å². The van der Waals surface area contributed by atoms with Gasteiger partial charge in [-0.05, 0) is 37.0 Å². The Morgan fingerprint density at radius 1 is 1.24 bits per heavy atom. The highest BCUT2D eigenvalue weighted by atomic mass is 19.1. The Morgan fingerprint density at radius 3 is 2.97 bits per heavy atom. The summed E-state index contributed by atoms with van der Waals surface area (Å²) in [6.45, 7) is 1.88. The predicted molar refractivity (Wildman–Crippen MR) is 127 cm³/mol. The Balaban J connectivity index is 1.41. The Morgan fingerprint density at radius 2 is 2.12 bits per heavy atom. The third-order valence-corrected chi connectivity index (χ3v) is 6.59. The van der Waals surface area contributed by atoms with Crippen molar-refractivity contribution in [1.29, 1.82) is 0 Å². The lowest BCUT2D eigenvalue weighted by molar-refractivity contribution is 0.273. The summed E-state index contributed by atoms with van der Waals surface area (Å²) in [6, 6.07) is 9.88. The van der Waals surface area contributed by atoms with Gasteiger partial charge in [0.15, 0.2) is 11.5 Å². The second-order valence-corrected chi connectivity index (χ2v) is 8.89. The number of H-pyrrole nitrogens is 1. The third-order valence-electron chi connectivity index (χ3n) is 6.59. The molecule has 172 valence electrons. The van der Waals surface area contributed by atoms with Gasteiger partial charge in [-0.15, -0.1) is 0 Å². The first kappa shape index (κ1) is 20.7. The van der Waals surface area contributed by atoms with E-state index in [0.29, 0.717) is 23.0 Å². The summed E-state index contributed by atoms with van der Waals surface area (Å²) in [4.78, 5) is 16.9. The molecule has 5 aromatic rings. The molecule has 1 aromatic carbocycles. The van der Waals surface area contributed by atoms with Crippen LogP contribution in [0.1, 0.15) is 36.1 Å². The Labute approximate surface area is 194 Å². The minimum absolute atomic E-state index is 0.0308. The average Bonchev–Trinajstić information content (AvgIpc) is 3.45. The molecule has 2 atom stereocenters. The zero-order valence-corrected chi connectivity index (χ0v) is 18.7. The molecule has 0 unspecified atom stereocenters. The first-order valence-electron chi connectivity index (χ1n) is 11.4. The number of hydrogen-bond donors (Lipinski definition) is 3. The number of anilines is 1. The zero-order valence-electron chi connectivity index (χ0n) is 18.7. The van der Waals surface area contributed by atoms with E-state index >= 15 is 0 Å². The van der Waals surface area contributed by atoms with Crippen LogP contribution in [0.25, 0.3) is 27.9 Å². The van der Waals surface area contributed by atoms with Crippen molar-refractivity contribution in [3.63, 3.8) is 0 Å². The second-order valence-electron chi connectivity index (χ2n) is 8.89. The van der Waals surface area contributed by atoms with Gasteiger partial charge in [-0.1, -0.05) is 25.1 Å². The molecule has 1 aliphatic rings. The lowest BCUT2D eigenvalue weighted by Crippen LogP contribution is -2.29. The molecule has 4 heterocycles. The summed E-state index contributed by atoms with van der Waals surface area (Å²) in [7, 11) is 0. The van der Waals surface area contributed by atoms with Gasteiger partial charge in [0.25, 0.3) is 0 Å². The molecule has 0 bridgehead atoms. The summed E-state index contributed by atoms with van der Waals surface area (Å²) in [5.74, 6) is 0.292. The van der Waals surface area contributed by atoms with Crippen LogP contribution < -0.4 is 5.32 Å². The van der Waals surface area contributed by atoms with Crippen molar-refractivity contribution in [2.75, 3.05) is 11.9 Å². The SMILES string of the molecule is C[C@@H](CO)c1cnn2c(N[C@@H]3CCc4[nH]c5ccccc5c4C3)nc(-c3cncc(F)c3)nc12. The molecular weight excluding hydrogens is 433 g/mol. The van der Waals surface area contributed by atoms with Gasteiger partial charge in [-0.25, -0.2) is 9.37 Å². The van der Waals surface area contributed by atoms with Gasteiger partial charge >= 0.3 is 0 Å². The molecule has 0 fully saturated rings. The molecule has 6 rings (SSSR count). The topological polar surface area (TPSA) is 104 Å². The predicted octanol–water partition coefficient (Wildman–Crippen LogP) is 3.87. The number of rotatable bonds is 5. The fourth-order valence-corrected chi connectivity index (χ4v) is 4.77. The van der Waals surface area contributed by atoms with Crippen LogP contribution in [0.3, 0.4) is 0 Å². The van der Waals surface area contributed by atoms with Crippen molar-refractivity contribution in [2.45, 2.75) is 38.1 Å². The van der Waals surface area contributed by atoms with E-state index in [9.17, 15) is 9.50 Å². The molecule has 0 amide bonds. The molecule has 34 heavy (non-hydrogen) atoms. The average molecular weight is 458 g/mol. The highest BCUT2D eigenvalue weighted by molar-refractivity contribution is 5.85. The van der Waals surface area contributed by atoms with E-state index in [-0.39, 0.29) is 18.6 Å². The number of aromatic amines is 1. The van der Waals surface area contributed by atoms with Crippen molar-refractivity contribution in [3.8, 4) is 11.4 Å². The molecule has 4 aromatic heterocycles. The molecule has 0 radical (unpaired) electrons. The monoisotopic (exact) mass is 457 g/mol. The van der Waals surface area contributed by atoms with Gasteiger partial charge in [0.1, 0.15) is 5.82 Å². The quantitative estimate of drug-likeness (QED) is 0.370. The lowest BCUT2D eigenvalue weighted by Gasteiger charge is -2.24. The molecule has 0 spiro atoms. The first-order valence-corrected chi connectivity index (χ1v) is 11.4. The van der Waals surface area contributed by atoms with Crippen LogP contribution in [0.15, 0.2) is 48.9 Å². The molecule has 9 heteroatoms. The number of fused-ring (bicyclic) bond motifs is 4. The number of aliphatic hydroxyl groups excluding tert-OH is 1. The largest absolute Gasteiger partial charge is 0.396 e. The van der Waals surface area contributed by atoms with E-state index in [4.69, 9.17) is 4.98 Å². The van der Waals surface area contributed by atoms with E-state index in [2.05, 4.69) is 43.6 Å². The van der Waals surface area contributed by atoms with Crippen molar-refractivity contribution in [2.24, 2.45) is 0 Å². The number of pyridine rings is 1. The molecule has 1 aliphatic carbocycles. The molecule has 8 nitrogen and oxygen atoms in total. The lowest BCUT2D eigenvalue weighted by atomic mass is 9.91. The molecule has 0 aliphatic heterocycles. The van der Waals surface area contributed by atoms with Gasteiger partial charge in [-0.2, -0.15) is 14.6 Å². The number of benzene rings is 1. The van der Waals surface area contributed by atoms with Crippen LogP contribution in [-0.2, 0) is 12.8 Å². The van der Waals surface area contributed by atoms with Crippen LogP contribution in [0.5, 0.6) is 0 Å². The number of nitrogens with zero attached hydrogens (tertiary/aromatic N) is 5. The number of nitrogens with one attached hydrogen (secondary N) is 2. The Kier molecular flexibility index (Phi) is 4.99. The summed E-state index contributed by atoms with van der Waals surface area (Å²) in [6.07, 6.45) is 7.13. The minimum Gasteiger partial charge on any atom is -0.396 e. The maximum Gasteiger partial charge on any atom is 0.228 e. The number of hydrogen-bond acceptors (Lipinski definition) is 6. The Bertz CT molecular complexity index is 1510. The number of halogens is 1. The van der Waals surface area contributed by atoms with Crippen LogP contribution >= 0.6 is 0 Å². The van der Waals surface area contributed by atoms with E-state index in [1.165, 1.54) is 22.7 Å². The van der Waals surface area contributed by atoms with E-state index in [0.717, 1.165) is 36.5 Å². The molecular formula is C25H24FN7O. The third kappa shape index (κ3) is 3.49. The van der Waals surface area contributed by atoms with Gasteiger partial charge in [0.2, 0.25) is 5.95 Å². The standard InChI is InChI=1S/C25H24FN7O/c1-14(13-34)20-12-28-33-24(20)31-23(15-8-16(26)11-27-10-15)32-25(33)29-17-6-7-22-19(9-17)18-4-2-3-5-21(18)30-22/h2-5,8,10-12,14,17,30,34H,6-7,9,13H2,1H3,(H,29,31,32)/t14-,17+/m0/s1. The van der Waals surface area contributed by atoms with Crippen LogP contribution in [-0.4, -0.2) is 47.3 Å². The fraction of sp³-hybridized carbons (Fsp3) is 0.280. The second kappa shape index (κ2) is 8.18. The van der Waals surface area contributed by atoms with E-state index in [1.807, 2.05) is 13.0 Å². The summed E-state index contributed by atoms with van der Waals surface area (Å²) < 4.78 is 15.6. The number of para-hydroxylation sites is 1. The van der Waals surface area contributed by atoms with Crippen LogP contribution in [0.2, 0.25) is 0 Å². The molecule has 0 saturated heterocycles. The molecule has 3 N–H and O–H groups in total. The van der Waals surface area contributed by atoms with Gasteiger partial charge < -0.3 is 15.4 Å². The maximum atomic E-state index is 13.9. The normalized spacial score (nSPS) is 16.6. The van der Waals surface area contributed by atoms with E-state index in [1.54, 1.807) is 16.9 Å². The van der Waals surface area contributed by atoms with Crippen molar-refractivity contribution in [1.82, 2.24) is 29.5 Å². The number of aromatic nitrogens is 6. The first-order chi connectivity index (χ1) is 16.6. The summed E-state index contributed by atoms with van der Waals surface area (Å²) in [5.41, 5.74) is 5.65. The minimum atomic E-state index is -0.452. The van der Waals surface area contributed by atoms with Crippen molar-refractivity contribution in [3.05, 3.63) is 71.6 Å². The highest BCUT2D eigenvalue weighted by Gasteiger charge is 2.25. The Hall–Kier alpha value is -3.85. The summed E-state index contributed by atoms with van der Waals surface area (Å²) >= 11 is 0. The zero-order chi connectivity index (χ0) is 23.2. The van der Waals surface area contributed by atoms with Crippen molar-refractivity contribution >= 4 is 22.5 Å².